The molecule has 1 fully saturated rings. The first kappa shape index (κ1) is 11.4. The number of aromatic nitrogens is 2. The van der Waals surface area contributed by atoms with Crippen molar-refractivity contribution in [1.82, 2.24) is 9.97 Å². The fraction of sp³-hybridized carbons (Fsp3) is 0.385. The van der Waals surface area contributed by atoms with Crippen LogP contribution in [-0.2, 0) is 9.57 Å². The molecular weight excluding hydrogens is 230 g/mol. The first-order valence-electron chi connectivity index (χ1n) is 6.16. The molecule has 5 heteroatoms. The molecule has 1 N–H and O–H groups in total. The summed E-state index contributed by atoms with van der Waals surface area (Å²) in [5.41, 5.74) is 3.77. The van der Waals surface area contributed by atoms with Crippen LogP contribution in [0, 0.1) is 0 Å². The van der Waals surface area contributed by atoms with E-state index < -0.39 is 0 Å². The predicted octanol–water partition coefficient (Wildman–Crippen LogP) is 2.50. The Kier molecular flexibility index (Phi) is 3.34. The number of nitrogens with zero attached hydrogens (tertiary/aromatic N) is 2. The van der Waals surface area contributed by atoms with Crippen molar-refractivity contribution < 1.29 is 9.57 Å². The van der Waals surface area contributed by atoms with Crippen molar-refractivity contribution in [1.29, 1.82) is 0 Å². The molecule has 0 saturated carbocycles. The lowest BCUT2D eigenvalue weighted by Gasteiger charge is -2.22. The zero-order chi connectivity index (χ0) is 12.2. The summed E-state index contributed by atoms with van der Waals surface area (Å²) < 4.78 is 5.48. The summed E-state index contributed by atoms with van der Waals surface area (Å²) in [6.07, 6.45) is 4.49. The summed E-state index contributed by atoms with van der Waals surface area (Å²) >= 11 is 0. The Hall–Kier alpha value is -1.72. The zero-order valence-electron chi connectivity index (χ0n) is 10.0. The Morgan fingerprint density at radius 2 is 2.17 bits per heavy atom. The van der Waals surface area contributed by atoms with E-state index in [-0.39, 0.29) is 6.29 Å². The number of benzene rings is 1. The molecule has 2 aromatic rings. The summed E-state index contributed by atoms with van der Waals surface area (Å²) in [5.74, 6) is 0.676. The SMILES string of the molecule is c1ccc2c(NO[C@H]3CCCCO3)ncnc2c1. The topological polar surface area (TPSA) is 56.3 Å². The van der Waals surface area contributed by atoms with Gasteiger partial charge in [0.05, 0.1) is 5.52 Å². The quantitative estimate of drug-likeness (QED) is 0.842. The third-order valence-corrected chi connectivity index (χ3v) is 2.97. The smallest absolute Gasteiger partial charge is 0.183 e. The monoisotopic (exact) mass is 245 g/mol. The maximum absolute atomic E-state index is 5.51. The summed E-state index contributed by atoms with van der Waals surface area (Å²) in [7, 11) is 0. The molecule has 0 amide bonds. The number of anilines is 1. The van der Waals surface area contributed by atoms with Crippen LogP contribution in [0.25, 0.3) is 10.9 Å². The molecule has 18 heavy (non-hydrogen) atoms. The van der Waals surface area contributed by atoms with Gasteiger partial charge in [-0.05, 0) is 25.0 Å². The third-order valence-electron chi connectivity index (χ3n) is 2.97. The van der Waals surface area contributed by atoms with Crippen molar-refractivity contribution in [2.75, 3.05) is 12.1 Å². The number of para-hydroxylation sites is 1. The number of hydrogen-bond acceptors (Lipinski definition) is 5. The molecule has 94 valence electrons. The first-order valence-corrected chi connectivity index (χ1v) is 6.16. The molecule has 1 aromatic heterocycles. The van der Waals surface area contributed by atoms with E-state index in [1.807, 2.05) is 24.3 Å². The highest BCUT2D eigenvalue weighted by Crippen LogP contribution is 2.20. The van der Waals surface area contributed by atoms with E-state index in [9.17, 15) is 0 Å². The molecule has 0 bridgehead atoms. The number of rotatable bonds is 3. The largest absolute Gasteiger partial charge is 0.350 e. The molecule has 0 unspecified atom stereocenters. The van der Waals surface area contributed by atoms with Crippen LogP contribution in [0.4, 0.5) is 5.82 Å². The van der Waals surface area contributed by atoms with Gasteiger partial charge in [0.25, 0.3) is 0 Å². The van der Waals surface area contributed by atoms with Crippen LogP contribution in [0.15, 0.2) is 30.6 Å². The summed E-state index contributed by atoms with van der Waals surface area (Å²) in [6, 6.07) is 7.81. The number of fused-ring (bicyclic) bond motifs is 1. The number of ether oxygens (including phenoxy) is 1. The fourth-order valence-corrected chi connectivity index (χ4v) is 2.01. The Labute approximate surface area is 105 Å². The third kappa shape index (κ3) is 2.42. The second kappa shape index (κ2) is 5.29. The average molecular weight is 245 g/mol. The van der Waals surface area contributed by atoms with Crippen LogP contribution in [0.2, 0.25) is 0 Å². The van der Waals surface area contributed by atoms with Crippen molar-refractivity contribution in [3.05, 3.63) is 30.6 Å². The molecule has 0 radical (unpaired) electrons. The van der Waals surface area contributed by atoms with Crippen molar-refractivity contribution in [2.24, 2.45) is 0 Å². The molecule has 2 heterocycles. The second-order valence-electron chi connectivity index (χ2n) is 4.26. The van der Waals surface area contributed by atoms with Gasteiger partial charge in [0, 0.05) is 18.4 Å². The Balaban J connectivity index is 1.74. The normalized spacial score (nSPS) is 19.9. The maximum atomic E-state index is 5.51. The molecule has 5 nitrogen and oxygen atoms in total. The molecule has 0 aliphatic carbocycles. The Bertz CT molecular complexity index is 521. The van der Waals surface area contributed by atoms with Crippen molar-refractivity contribution in [3.63, 3.8) is 0 Å². The van der Waals surface area contributed by atoms with Gasteiger partial charge in [-0.3, -0.25) is 0 Å². The Morgan fingerprint density at radius 3 is 3.06 bits per heavy atom. The highest BCUT2D eigenvalue weighted by atomic mass is 16.8. The van der Waals surface area contributed by atoms with Gasteiger partial charge >= 0.3 is 0 Å². The molecule has 0 spiro atoms. The summed E-state index contributed by atoms with van der Waals surface area (Å²) in [5, 5.41) is 0.941. The van der Waals surface area contributed by atoms with E-state index in [2.05, 4.69) is 15.4 Å². The van der Waals surface area contributed by atoms with Crippen molar-refractivity contribution in [3.8, 4) is 0 Å². The van der Waals surface area contributed by atoms with Gasteiger partial charge in [-0.25, -0.2) is 20.3 Å². The van der Waals surface area contributed by atoms with Crippen molar-refractivity contribution >= 4 is 16.7 Å². The van der Waals surface area contributed by atoms with E-state index in [0.29, 0.717) is 5.82 Å². The highest BCUT2D eigenvalue weighted by Gasteiger charge is 2.15. The van der Waals surface area contributed by atoms with E-state index >= 15 is 0 Å². The van der Waals surface area contributed by atoms with Crippen LogP contribution in [0.3, 0.4) is 0 Å². The van der Waals surface area contributed by atoms with E-state index in [1.54, 1.807) is 0 Å². The maximum Gasteiger partial charge on any atom is 0.183 e. The lowest BCUT2D eigenvalue weighted by molar-refractivity contribution is -0.145. The van der Waals surface area contributed by atoms with Gasteiger partial charge in [-0.2, -0.15) is 0 Å². The molecule has 1 saturated heterocycles. The standard InChI is InChI=1S/C13H15N3O2/c1-2-6-11-10(5-1)13(15-9-14-11)16-18-12-7-3-4-8-17-12/h1-2,5-6,9,12H,3-4,7-8H2,(H,14,15,16)/t12-/m0/s1. The molecular formula is C13H15N3O2. The zero-order valence-corrected chi connectivity index (χ0v) is 10.0. The molecule has 1 atom stereocenters. The van der Waals surface area contributed by atoms with E-state index in [0.717, 1.165) is 36.8 Å². The number of hydrogen-bond donors (Lipinski definition) is 1. The molecule has 3 rings (SSSR count). The van der Waals surface area contributed by atoms with E-state index in [1.165, 1.54) is 6.33 Å². The van der Waals surface area contributed by atoms with Crippen LogP contribution in [-0.4, -0.2) is 22.9 Å². The number of nitrogens with one attached hydrogen (secondary N) is 1. The van der Waals surface area contributed by atoms with E-state index in [4.69, 9.17) is 9.57 Å². The van der Waals surface area contributed by atoms with Crippen molar-refractivity contribution in [2.45, 2.75) is 25.6 Å². The van der Waals surface area contributed by atoms with Crippen LogP contribution >= 0.6 is 0 Å². The minimum atomic E-state index is -0.188. The lowest BCUT2D eigenvalue weighted by atomic mass is 10.2. The van der Waals surface area contributed by atoms with Crippen LogP contribution < -0.4 is 5.48 Å². The minimum absolute atomic E-state index is 0.188. The molecule has 1 aliphatic rings. The van der Waals surface area contributed by atoms with Gasteiger partial charge in [0.2, 0.25) is 0 Å². The molecule has 1 aromatic carbocycles. The van der Waals surface area contributed by atoms with Gasteiger partial charge in [-0.15, -0.1) is 0 Å². The first-order chi connectivity index (χ1) is 8.93. The summed E-state index contributed by atoms with van der Waals surface area (Å²) in [4.78, 5) is 13.9. The van der Waals surface area contributed by atoms with Gasteiger partial charge in [0.1, 0.15) is 6.33 Å². The minimum Gasteiger partial charge on any atom is -0.350 e. The lowest BCUT2D eigenvalue weighted by Crippen LogP contribution is -2.25. The van der Waals surface area contributed by atoms with Crippen LogP contribution in [0.1, 0.15) is 19.3 Å². The Morgan fingerprint density at radius 1 is 1.22 bits per heavy atom. The van der Waals surface area contributed by atoms with Gasteiger partial charge in [-0.1, -0.05) is 12.1 Å². The van der Waals surface area contributed by atoms with Crippen LogP contribution in [0.5, 0.6) is 0 Å². The summed E-state index contributed by atoms with van der Waals surface area (Å²) in [6.45, 7) is 0.761. The molecule has 1 aliphatic heterocycles. The average Bonchev–Trinajstić information content (AvgIpc) is 2.46. The predicted molar refractivity (Wildman–Crippen MR) is 67.8 cm³/mol. The van der Waals surface area contributed by atoms with Gasteiger partial charge in [0.15, 0.2) is 12.1 Å². The van der Waals surface area contributed by atoms with Gasteiger partial charge < -0.3 is 4.74 Å². The second-order valence-corrected chi connectivity index (χ2v) is 4.26. The fourth-order valence-electron chi connectivity index (χ4n) is 2.01. The highest BCUT2D eigenvalue weighted by molar-refractivity contribution is 5.88.